The minimum absolute atomic E-state index is 0.250. The summed E-state index contributed by atoms with van der Waals surface area (Å²) in [6.45, 7) is 2.90. The molecule has 3 nitrogen and oxygen atoms in total. The van der Waals surface area contributed by atoms with Crippen LogP contribution < -0.4 is 0 Å². The smallest absolute Gasteiger partial charge is 0.210 e. The molecule has 1 saturated heterocycles. The lowest BCUT2D eigenvalue weighted by Gasteiger charge is -2.19. The van der Waals surface area contributed by atoms with E-state index in [4.69, 9.17) is 0 Å². The van der Waals surface area contributed by atoms with Crippen LogP contribution in [0.15, 0.2) is 18.5 Å². The summed E-state index contributed by atoms with van der Waals surface area (Å²) in [6, 6.07) is 2.36. The van der Waals surface area contributed by atoms with Crippen LogP contribution in [-0.4, -0.2) is 22.8 Å². The van der Waals surface area contributed by atoms with Gasteiger partial charge in [-0.2, -0.15) is 0 Å². The zero-order valence-corrected chi connectivity index (χ0v) is 8.31. The molecule has 0 bridgehead atoms. The average Bonchev–Trinajstić information content (AvgIpc) is 2.65. The summed E-state index contributed by atoms with van der Waals surface area (Å²) in [5, 5.41) is 0. The molecule has 14 heavy (non-hydrogen) atoms. The van der Waals surface area contributed by atoms with Gasteiger partial charge in [0.05, 0.1) is 6.04 Å². The first-order valence-corrected chi connectivity index (χ1v) is 4.94. The molecule has 1 aliphatic rings. The van der Waals surface area contributed by atoms with Gasteiger partial charge >= 0.3 is 0 Å². The van der Waals surface area contributed by atoms with Crippen molar-refractivity contribution >= 4 is 6.41 Å². The molecule has 0 saturated carbocycles. The highest BCUT2D eigenvalue weighted by Crippen LogP contribution is 2.30. The lowest BCUT2D eigenvalue weighted by molar-refractivity contribution is -0.118. The van der Waals surface area contributed by atoms with E-state index in [1.54, 1.807) is 0 Å². The van der Waals surface area contributed by atoms with Gasteiger partial charge in [-0.25, -0.2) is 0 Å². The molecule has 1 amide bonds. The Labute approximate surface area is 83.8 Å². The normalized spacial score (nSPS) is 21.2. The van der Waals surface area contributed by atoms with Crippen molar-refractivity contribution in [2.24, 2.45) is 0 Å². The molecule has 2 heterocycles. The van der Waals surface area contributed by atoms with E-state index in [1.165, 1.54) is 0 Å². The van der Waals surface area contributed by atoms with E-state index in [2.05, 4.69) is 11.1 Å². The average molecular weight is 190 g/mol. The summed E-state index contributed by atoms with van der Waals surface area (Å²) in [7, 11) is 0. The van der Waals surface area contributed by atoms with Crippen LogP contribution in [0.4, 0.5) is 0 Å². The van der Waals surface area contributed by atoms with Gasteiger partial charge < -0.3 is 4.90 Å². The third-order valence-electron chi connectivity index (χ3n) is 2.71. The minimum atomic E-state index is 0.250. The quantitative estimate of drug-likeness (QED) is 0.665. The number of aryl methyl sites for hydroxylation is 1. The predicted octanol–water partition coefficient (Wildman–Crippen LogP) is 1.68. The summed E-state index contributed by atoms with van der Waals surface area (Å²) < 4.78 is 0. The Kier molecular flexibility index (Phi) is 2.48. The zero-order chi connectivity index (χ0) is 9.97. The first kappa shape index (κ1) is 9.19. The summed E-state index contributed by atoms with van der Waals surface area (Å²) in [4.78, 5) is 16.8. The fourth-order valence-corrected chi connectivity index (χ4v) is 2.03. The molecule has 1 unspecified atom stereocenters. The van der Waals surface area contributed by atoms with Gasteiger partial charge in [-0.3, -0.25) is 9.78 Å². The lowest BCUT2D eigenvalue weighted by Crippen LogP contribution is -2.21. The van der Waals surface area contributed by atoms with E-state index >= 15 is 0 Å². The summed E-state index contributed by atoms with van der Waals surface area (Å²) >= 11 is 0. The predicted molar refractivity (Wildman–Crippen MR) is 53.7 cm³/mol. The Bertz CT molecular complexity index is 338. The molecule has 0 aliphatic carbocycles. The Hall–Kier alpha value is -1.38. The van der Waals surface area contributed by atoms with Gasteiger partial charge in [0, 0.05) is 18.9 Å². The Morgan fingerprint density at radius 1 is 1.57 bits per heavy atom. The largest absolute Gasteiger partial charge is 0.338 e. The zero-order valence-electron chi connectivity index (χ0n) is 8.31. The molecular formula is C11H14N2O. The van der Waals surface area contributed by atoms with E-state index in [9.17, 15) is 4.79 Å². The number of rotatable bonds is 2. The van der Waals surface area contributed by atoms with E-state index in [0.717, 1.165) is 36.9 Å². The standard InChI is InChI=1S/C11H14N2O/c1-9-5-10(7-12-6-9)11-3-2-4-13(11)8-14/h5-8,11H,2-4H2,1H3. The number of aromatic nitrogens is 1. The number of nitrogens with zero attached hydrogens (tertiary/aromatic N) is 2. The van der Waals surface area contributed by atoms with Crippen LogP contribution in [0.5, 0.6) is 0 Å². The van der Waals surface area contributed by atoms with Crippen molar-refractivity contribution in [3.8, 4) is 0 Å². The highest BCUT2D eigenvalue weighted by Gasteiger charge is 2.24. The van der Waals surface area contributed by atoms with E-state index in [1.807, 2.05) is 24.2 Å². The number of pyridine rings is 1. The molecule has 1 aliphatic heterocycles. The fourth-order valence-electron chi connectivity index (χ4n) is 2.03. The first-order chi connectivity index (χ1) is 6.81. The van der Waals surface area contributed by atoms with Crippen molar-refractivity contribution in [1.82, 2.24) is 9.88 Å². The molecule has 1 atom stereocenters. The van der Waals surface area contributed by atoms with Crippen LogP contribution in [0.25, 0.3) is 0 Å². The van der Waals surface area contributed by atoms with E-state index < -0.39 is 0 Å². The highest BCUT2D eigenvalue weighted by molar-refractivity contribution is 5.49. The fraction of sp³-hybridized carbons (Fsp3) is 0.455. The van der Waals surface area contributed by atoms with Gasteiger partial charge in [-0.15, -0.1) is 0 Å². The monoisotopic (exact) mass is 190 g/mol. The third kappa shape index (κ3) is 1.62. The van der Waals surface area contributed by atoms with Crippen LogP contribution in [-0.2, 0) is 4.79 Å². The number of hydrogen-bond acceptors (Lipinski definition) is 2. The summed E-state index contributed by atoms with van der Waals surface area (Å²) in [5.74, 6) is 0. The number of hydrogen-bond donors (Lipinski definition) is 0. The van der Waals surface area contributed by atoms with Crippen LogP contribution in [0.1, 0.15) is 30.0 Å². The Morgan fingerprint density at radius 3 is 3.14 bits per heavy atom. The van der Waals surface area contributed by atoms with Gasteiger partial charge in [0.15, 0.2) is 0 Å². The van der Waals surface area contributed by atoms with Crippen LogP contribution in [0.3, 0.4) is 0 Å². The molecule has 1 aromatic heterocycles. The Morgan fingerprint density at radius 2 is 2.43 bits per heavy atom. The van der Waals surface area contributed by atoms with E-state index in [-0.39, 0.29) is 6.04 Å². The van der Waals surface area contributed by atoms with Crippen molar-refractivity contribution in [2.75, 3.05) is 6.54 Å². The molecule has 0 N–H and O–H groups in total. The number of carbonyl (C=O) groups is 1. The first-order valence-electron chi connectivity index (χ1n) is 4.94. The van der Waals surface area contributed by atoms with Crippen molar-refractivity contribution in [3.63, 3.8) is 0 Å². The minimum Gasteiger partial charge on any atom is -0.338 e. The molecule has 2 rings (SSSR count). The molecule has 0 aromatic carbocycles. The Balaban J connectivity index is 2.25. The molecule has 74 valence electrons. The number of likely N-dealkylation sites (tertiary alicyclic amines) is 1. The maximum Gasteiger partial charge on any atom is 0.210 e. The van der Waals surface area contributed by atoms with Gasteiger partial charge in [0.1, 0.15) is 0 Å². The lowest BCUT2D eigenvalue weighted by atomic mass is 10.1. The molecule has 1 fully saturated rings. The number of carbonyl (C=O) groups excluding carboxylic acids is 1. The van der Waals surface area contributed by atoms with Crippen LogP contribution in [0.2, 0.25) is 0 Å². The van der Waals surface area contributed by atoms with Crippen molar-refractivity contribution in [3.05, 3.63) is 29.6 Å². The van der Waals surface area contributed by atoms with Gasteiger partial charge in [0.25, 0.3) is 0 Å². The van der Waals surface area contributed by atoms with Gasteiger partial charge in [-0.1, -0.05) is 6.07 Å². The molecular weight excluding hydrogens is 176 g/mol. The van der Waals surface area contributed by atoms with Crippen molar-refractivity contribution < 1.29 is 4.79 Å². The highest BCUT2D eigenvalue weighted by atomic mass is 16.1. The second kappa shape index (κ2) is 3.78. The summed E-state index contributed by atoms with van der Waals surface area (Å²) in [5.41, 5.74) is 2.31. The van der Waals surface area contributed by atoms with Crippen molar-refractivity contribution in [1.29, 1.82) is 0 Å². The van der Waals surface area contributed by atoms with E-state index in [0.29, 0.717) is 0 Å². The molecule has 0 spiro atoms. The molecule has 1 aromatic rings. The van der Waals surface area contributed by atoms with Crippen LogP contribution in [0, 0.1) is 6.92 Å². The maximum absolute atomic E-state index is 10.8. The summed E-state index contributed by atoms with van der Waals surface area (Å²) in [6.07, 6.45) is 6.80. The topological polar surface area (TPSA) is 33.2 Å². The SMILES string of the molecule is Cc1cncc(C2CCCN2C=O)c1. The van der Waals surface area contributed by atoms with Crippen molar-refractivity contribution in [2.45, 2.75) is 25.8 Å². The van der Waals surface area contributed by atoms with Crippen LogP contribution >= 0.6 is 0 Å². The number of amides is 1. The van der Waals surface area contributed by atoms with Gasteiger partial charge in [-0.05, 0) is 30.9 Å². The molecule has 0 radical (unpaired) electrons. The third-order valence-corrected chi connectivity index (χ3v) is 2.71. The second-order valence-corrected chi connectivity index (χ2v) is 3.80. The van der Waals surface area contributed by atoms with Gasteiger partial charge in [0.2, 0.25) is 6.41 Å². The maximum atomic E-state index is 10.8. The second-order valence-electron chi connectivity index (χ2n) is 3.80. The molecule has 3 heteroatoms.